The Morgan fingerprint density at radius 1 is 0.295 bits per heavy atom. The molecule has 0 unspecified atom stereocenters. The fourth-order valence-corrected chi connectivity index (χ4v) is 10.9. The molecule has 1 aromatic carbocycles. The van der Waals surface area contributed by atoms with E-state index in [1.165, 1.54) is 102 Å². The zero-order chi connectivity index (χ0) is 92.8. The predicted octanol–water partition coefficient (Wildman–Crippen LogP) is -10.2. The molecule has 47 heteroatoms. The number of unbranched alkanes of at least 4 members (excludes halogenated alkanes) is 3. The van der Waals surface area contributed by atoms with Crippen LogP contribution in [0.15, 0.2) is 24.3 Å². The van der Waals surface area contributed by atoms with Crippen LogP contribution in [0.1, 0.15) is 166 Å². The Morgan fingerprint density at radius 2 is 0.549 bits per heavy atom. The van der Waals surface area contributed by atoms with Crippen molar-refractivity contribution >= 4 is 124 Å². The van der Waals surface area contributed by atoms with E-state index in [2.05, 4.69) is 106 Å². The molecule has 0 aliphatic rings. The Bertz CT molecular complexity index is 3780. The zero-order valence-corrected chi connectivity index (χ0v) is 71.4. The topological polar surface area (TPSA) is 756 Å². The van der Waals surface area contributed by atoms with Crippen LogP contribution in [0.2, 0.25) is 0 Å². The molecule has 0 heterocycles. The summed E-state index contributed by atoms with van der Waals surface area (Å²) in [7, 11) is 0. The SMILES string of the molecule is CC(=O)N[C@@H](Cc1ccc(O)cc1)C(=O)NCC(=O)NCC(=O)N[C@@H](CCCCN)C(=O)N[C@@H](C)C(=O)N[C@@H](C)C(=O)N[C@@H](C)C(=O)N[C@@H](C)C(=O)N[C@@H](CCCCN)C(=O)N[C@@H](C)C(=O)N[C@@H](C)C(=O)N[C@@H](C)C(=O)N[C@@H](C)C(=O)N[C@@H](CCCCN)C(=O)N[C@@H](C)C(=O)N[C@@H](C)C(=O)N[C@@H](C)C(=O)N[C@@H](C)C(=O)N[C@H](CCCNC(=N)N)C(N)=O. The van der Waals surface area contributed by atoms with E-state index in [1.807, 2.05) is 0 Å². The Hall–Kier alpha value is -12.4. The number of guanidine groups is 1. The van der Waals surface area contributed by atoms with Gasteiger partial charge in [0.15, 0.2) is 5.96 Å². The highest BCUT2D eigenvalue weighted by Crippen LogP contribution is 2.13. The number of primary amides is 1. The first-order valence-corrected chi connectivity index (χ1v) is 40.1. The monoisotopic (exact) mass is 1730 g/mol. The number of carbonyl (C=O) groups excluding carboxylic acids is 20. The van der Waals surface area contributed by atoms with Gasteiger partial charge in [0.25, 0.3) is 0 Å². The molecule has 0 aromatic heterocycles. The lowest BCUT2D eigenvalue weighted by molar-refractivity contribution is -0.135. The van der Waals surface area contributed by atoms with Gasteiger partial charge < -0.3 is 140 Å². The van der Waals surface area contributed by atoms with E-state index in [0.29, 0.717) is 50.5 Å². The minimum Gasteiger partial charge on any atom is -0.508 e. The van der Waals surface area contributed by atoms with Crippen LogP contribution in [0, 0.1) is 5.41 Å². The van der Waals surface area contributed by atoms with E-state index in [0.717, 1.165) is 0 Å². The highest BCUT2D eigenvalue weighted by atomic mass is 16.3. The number of hydrogen-bond acceptors (Lipinski definition) is 25. The fourth-order valence-electron chi connectivity index (χ4n) is 10.9. The summed E-state index contributed by atoms with van der Waals surface area (Å²) < 4.78 is 0. The van der Waals surface area contributed by atoms with Gasteiger partial charge in [-0.1, -0.05) is 12.1 Å². The van der Waals surface area contributed by atoms with E-state index < -0.39 is 234 Å². The van der Waals surface area contributed by atoms with Gasteiger partial charge in [-0.25, -0.2) is 0 Å². The first-order chi connectivity index (χ1) is 57.2. The van der Waals surface area contributed by atoms with Gasteiger partial charge >= 0.3 is 0 Å². The number of nitrogens with one attached hydrogen (secondary N) is 21. The van der Waals surface area contributed by atoms with E-state index in [1.54, 1.807) is 12.1 Å². The summed E-state index contributed by atoms with van der Waals surface area (Å²) in [5.41, 5.74) is 28.3. The molecule has 0 aliphatic heterocycles. The summed E-state index contributed by atoms with van der Waals surface area (Å²) in [6.07, 6.45) is 2.79. The largest absolute Gasteiger partial charge is 0.508 e. The Balaban J connectivity index is 2.84. The number of hydrogen-bond donors (Lipinski definition) is 27. The maximum absolute atomic E-state index is 13.7. The molecule has 0 bridgehead atoms. The van der Waals surface area contributed by atoms with Gasteiger partial charge in [0.2, 0.25) is 118 Å². The van der Waals surface area contributed by atoms with Gasteiger partial charge in [-0.3, -0.25) is 101 Å². The van der Waals surface area contributed by atoms with Gasteiger partial charge in [0.05, 0.1) is 13.1 Å². The molecule has 0 saturated heterocycles. The first-order valence-electron chi connectivity index (χ1n) is 40.1. The number of amides is 20. The first kappa shape index (κ1) is 108. The molecule has 1 rings (SSSR count). The number of phenols is 1. The average molecular weight is 1730 g/mol. The van der Waals surface area contributed by atoms with Gasteiger partial charge in [0, 0.05) is 19.9 Å². The van der Waals surface area contributed by atoms with Crippen molar-refractivity contribution in [3.05, 3.63) is 29.8 Å². The molecule has 0 aliphatic carbocycles. The maximum Gasteiger partial charge on any atom is 0.243 e. The lowest BCUT2D eigenvalue weighted by Crippen LogP contribution is -2.59. The Kier molecular flexibility index (Phi) is 49.5. The van der Waals surface area contributed by atoms with Crippen molar-refractivity contribution < 1.29 is 101 Å². The van der Waals surface area contributed by atoms with Crippen LogP contribution >= 0.6 is 0 Å². The second kappa shape index (κ2) is 56.2. The predicted molar refractivity (Wildman–Crippen MR) is 441 cm³/mol. The summed E-state index contributed by atoms with van der Waals surface area (Å²) in [5.74, 6) is -16.7. The summed E-state index contributed by atoms with van der Waals surface area (Å²) >= 11 is 0. The third-order valence-electron chi connectivity index (χ3n) is 18.4. The second-order valence-electron chi connectivity index (χ2n) is 29.4. The molecule has 684 valence electrons. The van der Waals surface area contributed by atoms with Crippen molar-refractivity contribution in [1.82, 2.24) is 106 Å². The van der Waals surface area contributed by atoms with Crippen molar-refractivity contribution in [3.8, 4) is 5.75 Å². The Morgan fingerprint density at radius 3 is 0.820 bits per heavy atom. The molecule has 32 N–H and O–H groups in total. The summed E-state index contributed by atoms with van der Waals surface area (Å²) in [6.45, 7) is 16.4. The van der Waals surface area contributed by atoms with Crippen LogP contribution in [0.3, 0.4) is 0 Å². The molecule has 17 atom stereocenters. The number of aromatic hydroxyl groups is 1. The molecule has 0 radical (unpaired) electrons. The average Bonchev–Trinajstić information content (AvgIpc) is 0.872. The van der Waals surface area contributed by atoms with E-state index in [4.69, 9.17) is 34.1 Å². The molecule has 47 nitrogen and oxygen atoms in total. The second-order valence-corrected chi connectivity index (χ2v) is 29.4. The highest BCUT2D eigenvalue weighted by Gasteiger charge is 2.35. The lowest BCUT2D eigenvalue weighted by Gasteiger charge is -2.25. The van der Waals surface area contributed by atoms with Crippen LogP contribution in [0.5, 0.6) is 5.75 Å². The lowest BCUT2D eigenvalue weighted by atomic mass is 10.0. The van der Waals surface area contributed by atoms with Crippen LogP contribution in [-0.2, 0) is 102 Å². The molecule has 0 spiro atoms. The van der Waals surface area contributed by atoms with E-state index in [-0.39, 0.29) is 70.0 Å². The third kappa shape index (κ3) is 42.5. The summed E-state index contributed by atoms with van der Waals surface area (Å²) in [6, 6.07) is -15.8. The fraction of sp³-hybridized carbons (Fsp3) is 0.640. The van der Waals surface area contributed by atoms with Gasteiger partial charge in [-0.15, -0.1) is 0 Å². The standard InChI is InChI=1S/C75H128N26O21/c1-36(88-65(113)42(7)94-72(120)52(21-14-17-29-76)98-57(105)35-83-56(104)34-84-71(119)55(97-48(13)102)33-49-25-27-50(103)28-26-49)59(107)86-40(5)63(111)92-46(11)69(117)100-54(23-16-19-31-78)74(122)96-44(9)67(115)90-38(3)61(109)87-41(6)64(112)93-47(12)70(118)101-53(22-15-18-30-77)73(121)95-43(8)66(114)89-37(2)60(108)85-39(4)62(110)91-45(10)68(116)99-51(58(79)106)24-20-32-82-75(80)81/h25-28,36-47,51-55,103H,14-24,29-35,76-78H2,1-13H3,(H2,79,106)(H,83,104)(H,84,119)(H,85,108)(H,86,107)(H,87,109)(H,88,113)(H,89,114)(H,90,115)(H,91,110)(H,92,111)(H,93,112)(H,94,120)(H,95,121)(H,96,122)(H,97,102)(H,98,105)(H,99,116)(H,100,117)(H,101,118)(H4,80,81,82)/t36-,37-,38-,39-,40-,41-,42-,43-,44-,45-,46-,47-,51+,52-,53-,54-,55-/m0/s1. The van der Waals surface area contributed by atoms with E-state index in [9.17, 15) is 101 Å². The van der Waals surface area contributed by atoms with Gasteiger partial charge in [-0.2, -0.15) is 0 Å². The number of phenolic OH excluding ortho intramolecular Hbond substituents is 1. The van der Waals surface area contributed by atoms with Crippen molar-refractivity contribution in [2.45, 2.75) is 270 Å². The van der Waals surface area contributed by atoms with Crippen molar-refractivity contribution in [3.63, 3.8) is 0 Å². The number of carbonyl (C=O) groups is 20. The van der Waals surface area contributed by atoms with Gasteiger partial charge in [-0.05, 0) is 191 Å². The molecule has 1 aromatic rings. The van der Waals surface area contributed by atoms with Crippen LogP contribution in [-0.4, -0.2) is 271 Å². The van der Waals surface area contributed by atoms with Crippen LogP contribution in [0.4, 0.5) is 0 Å². The minimum atomic E-state index is -1.35. The summed E-state index contributed by atoms with van der Waals surface area (Å²) in [4.78, 5) is 262. The molecule has 0 saturated carbocycles. The molecular formula is C75H128N26O21. The van der Waals surface area contributed by atoms with Crippen LogP contribution < -0.4 is 135 Å². The highest BCUT2D eigenvalue weighted by molar-refractivity contribution is 6.01. The quantitative estimate of drug-likeness (QED) is 0.0164. The zero-order valence-electron chi connectivity index (χ0n) is 71.4. The molecular weight excluding hydrogens is 1600 g/mol. The maximum atomic E-state index is 13.7. The van der Waals surface area contributed by atoms with Crippen LogP contribution in [0.25, 0.3) is 0 Å². The Labute approximate surface area is 707 Å². The number of nitrogens with two attached hydrogens (primary N) is 5. The van der Waals surface area contributed by atoms with Crippen molar-refractivity contribution in [1.29, 1.82) is 5.41 Å². The smallest absolute Gasteiger partial charge is 0.243 e. The minimum absolute atomic E-state index is 0.00238. The third-order valence-corrected chi connectivity index (χ3v) is 18.4. The normalized spacial score (nSPS) is 15.0. The molecule has 0 fully saturated rings. The number of rotatable bonds is 56. The van der Waals surface area contributed by atoms with Crippen molar-refractivity contribution in [2.24, 2.45) is 28.7 Å². The summed E-state index contributed by atoms with van der Waals surface area (Å²) in [5, 5.41) is 65.7. The molecule has 20 amide bonds. The molecule has 122 heavy (non-hydrogen) atoms. The number of benzene rings is 1. The van der Waals surface area contributed by atoms with Crippen molar-refractivity contribution in [2.75, 3.05) is 39.3 Å². The van der Waals surface area contributed by atoms with Gasteiger partial charge in [0.1, 0.15) is 108 Å². The van der Waals surface area contributed by atoms with E-state index >= 15 is 0 Å².